The molecule has 28 heavy (non-hydrogen) atoms. The zero-order chi connectivity index (χ0) is 20.4. The summed E-state index contributed by atoms with van der Waals surface area (Å²) >= 11 is 0. The predicted molar refractivity (Wildman–Crippen MR) is 110 cm³/mol. The monoisotopic (exact) mass is 419 g/mol. The average molecular weight is 420 g/mol. The molecule has 0 spiro atoms. The zero-order valence-corrected chi connectivity index (χ0v) is 17.3. The van der Waals surface area contributed by atoms with Crippen molar-refractivity contribution in [3.05, 3.63) is 59.0 Å². The maximum atomic E-state index is 11.8. The van der Waals surface area contributed by atoms with E-state index >= 15 is 0 Å². The lowest BCUT2D eigenvalue weighted by Gasteiger charge is -2.22. The molecule has 1 aromatic heterocycles. The molecule has 0 aliphatic carbocycles. The molecule has 2 aromatic rings. The Hall–Kier alpha value is -2.42. The third kappa shape index (κ3) is 7.67. The minimum atomic E-state index is -0.469. The first kappa shape index (κ1) is 21.9. The van der Waals surface area contributed by atoms with Crippen LogP contribution in [0.4, 0.5) is 4.79 Å². The third-order valence-electron chi connectivity index (χ3n) is 3.68. The van der Waals surface area contributed by atoms with Crippen molar-refractivity contribution in [3.63, 3.8) is 0 Å². The Balaban J connectivity index is 1.76. The van der Waals surface area contributed by atoms with Gasteiger partial charge in [0.05, 0.1) is 6.54 Å². The van der Waals surface area contributed by atoms with Crippen LogP contribution in [0.1, 0.15) is 32.3 Å². The molecule has 0 fully saturated rings. The highest BCUT2D eigenvalue weighted by Crippen LogP contribution is 2.43. The van der Waals surface area contributed by atoms with Gasteiger partial charge in [-0.3, -0.25) is 4.79 Å². The van der Waals surface area contributed by atoms with Crippen LogP contribution in [0.2, 0.25) is 0 Å². The number of imidazole rings is 1. The Morgan fingerprint density at radius 3 is 2.71 bits per heavy atom. The molecule has 8 nitrogen and oxygen atoms in total. The highest BCUT2D eigenvalue weighted by molar-refractivity contribution is 8.77. The van der Waals surface area contributed by atoms with E-state index in [2.05, 4.69) is 28.9 Å². The molecule has 0 aliphatic heterocycles. The summed E-state index contributed by atoms with van der Waals surface area (Å²) in [6.45, 7) is 4.26. The first-order chi connectivity index (χ1) is 13.4. The number of benzene rings is 1. The second-order valence-corrected chi connectivity index (χ2v) is 9.43. The maximum absolute atomic E-state index is 11.8. The number of hydrogen-bond donors (Lipinski definition) is 0. The van der Waals surface area contributed by atoms with E-state index in [1.54, 1.807) is 21.6 Å². The van der Waals surface area contributed by atoms with Gasteiger partial charge in [0.15, 0.2) is 0 Å². The second-order valence-electron chi connectivity index (χ2n) is 6.52. The van der Waals surface area contributed by atoms with Crippen LogP contribution in [-0.2, 0) is 16.1 Å². The lowest BCUT2D eigenvalue weighted by molar-refractivity contribution is -0.117. The normalized spacial score (nSPS) is 10.9. The summed E-state index contributed by atoms with van der Waals surface area (Å²) < 4.78 is 6.40. The van der Waals surface area contributed by atoms with Gasteiger partial charge in [0.25, 0.3) is 0 Å². The lowest BCUT2D eigenvalue weighted by Crippen LogP contribution is -2.16. The second kappa shape index (κ2) is 10.8. The van der Waals surface area contributed by atoms with Crippen molar-refractivity contribution in [3.8, 4) is 0 Å². The first-order valence-corrected chi connectivity index (χ1v) is 10.7. The van der Waals surface area contributed by atoms with Crippen molar-refractivity contribution in [2.75, 3.05) is 6.54 Å². The summed E-state index contributed by atoms with van der Waals surface area (Å²) in [7, 11) is 3.32. The Kier molecular flexibility index (Phi) is 8.43. The molecule has 1 heterocycles. The summed E-state index contributed by atoms with van der Waals surface area (Å²) in [4.78, 5) is 30.9. The molecule has 0 unspecified atom stereocenters. The number of aromatic nitrogens is 2. The first-order valence-electron chi connectivity index (χ1n) is 8.52. The fourth-order valence-corrected chi connectivity index (χ4v) is 4.36. The van der Waals surface area contributed by atoms with Gasteiger partial charge in [0.2, 0.25) is 0 Å². The highest BCUT2D eigenvalue weighted by Gasteiger charge is 2.20. The van der Waals surface area contributed by atoms with Crippen molar-refractivity contribution in [2.24, 2.45) is 5.11 Å². The summed E-state index contributed by atoms with van der Waals surface area (Å²) in [5.41, 5.74) is 9.14. The molecule has 0 amide bonds. The number of ether oxygens (including phenoxy) is 1. The van der Waals surface area contributed by atoms with Crippen LogP contribution in [0.3, 0.4) is 0 Å². The van der Waals surface area contributed by atoms with Crippen molar-refractivity contribution >= 4 is 33.5 Å². The summed E-state index contributed by atoms with van der Waals surface area (Å²) in [6, 6.07) is 7.78. The van der Waals surface area contributed by atoms with Gasteiger partial charge >= 0.3 is 6.09 Å². The van der Waals surface area contributed by atoms with Crippen LogP contribution < -0.4 is 0 Å². The van der Waals surface area contributed by atoms with Gasteiger partial charge in [-0.1, -0.05) is 38.8 Å². The molecular formula is C18H21N5O3S2. The molecule has 2 rings (SSSR count). The summed E-state index contributed by atoms with van der Waals surface area (Å²) in [5, 5.41) is 3.30. The number of hydrogen-bond acceptors (Lipinski definition) is 7. The maximum Gasteiger partial charge on any atom is 0.419 e. The molecule has 0 saturated heterocycles. The Morgan fingerprint density at radius 1 is 1.32 bits per heavy atom. The van der Waals surface area contributed by atoms with E-state index < -0.39 is 6.09 Å². The number of carbonyl (C=O) groups is 2. The highest BCUT2D eigenvalue weighted by atomic mass is 33.1. The van der Waals surface area contributed by atoms with E-state index in [1.165, 1.54) is 23.3 Å². The van der Waals surface area contributed by atoms with Gasteiger partial charge in [-0.25, -0.2) is 14.3 Å². The number of carbonyl (C=O) groups excluding carboxylic acids is 2. The van der Waals surface area contributed by atoms with Crippen molar-refractivity contribution in [2.45, 2.75) is 42.9 Å². The average Bonchev–Trinajstić information content (AvgIpc) is 3.23. The van der Waals surface area contributed by atoms with Gasteiger partial charge in [0, 0.05) is 33.4 Å². The number of ketones is 1. The zero-order valence-electron chi connectivity index (χ0n) is 15.6. The number of Topliss-reactive ketones (excluding diaryl/α,β-unsaturated/α-hetero) is 1. The fraction of sp³-hybridized carbons (Fsp3) is 0.389. The van der Waals surface area contributed by atoms with Crippen molar-refractivity contribution in [1.82, 2.24) is 9.55 Å². The molecule has 10 heteroatoms. The third-order valence-corrected chi connectivity index (χ3v) is 7.06. The van der Waals surface area contributed by atoms with E-state index in [0.29, 0.717) is 12.8 Å². The van der Waals surface area contributed by atoms with E-state index in [0.717, 1.165) is 10.5 Å². The number of nitrogens with zero attached hydrogens (tertiary/aromatic N) is 5. The van der Waals surface area contributed by atoms with Crippen LogP contribution in [0.25, 0.3) is 10.4 Å². The van der Waals surface area contributed by atoms with Gasteiger partial charge in [-0.2, -0.15) is 0 Å². The molecule has 0 saturated carbocycles. The van der Waals surface area contributed by atoms with Crippen LogP contribution in [0.15, 0.2) is 53.0 Å². The molecular weight excluding hydrogens is 398 g/mol. The molecule has 0 aliphatic rings. The fourth-order valence-electron chi connectivity index (χ4n) is 2.06. The smallest absolute Gasteiger partial charge is 0.419 e. The minimum Gasteiger partial charge on any atom is -0.444 e. The van der Waals surface area contributed by atoms with E-state index in [-0.39, 0.29) is 23.7 Å². The number of rotatable bonds is 10. The Labute approximate surface area is 171 Å². The van der Waals surface area contributed by atoms with E-state index in [9.17, 15) is 9.59 Å². The standard InChI is InChI=1S/C18H21N5O3S2/c1-18(2,8-7-15(24)11-21-22-19)28-27-16-5-3-14(4-6-16)12-26-17(25)23-10-9-20-13-23/h3-6,9-10,13H,7-8,11-12H2,1-2H3. The van der Waals surface area contributed by atoms with Gasteiger partial charge in [-0.15, -0.1) is 0 Å². The van der Waals surface area contributed by atoms with Crippen LogP contribution >= 0.6 is 21.6 Å². The number of azide groups is 1. The largest absolute Gasteiger partial charge is 0.444 e. The van der Waals surface area contributed by atoms with Crippen LogP contribution in [-0.4, -0.2) is 32.7 Å². The summed E-state index contributed by atoms with van der Waals surface area (Å²) in [6.07, 6.45) is 5.07. The van der Waals surface area contributed by atoms with Gasteiger partial charge < -0.3 is 4.74 Å². The van der Waals surface area contributed by atoms with Crippen molar-refractivity contribution < 1.29 is 14.3 Å². The van der Waals surface area contributed by atoms with Gasteiger partial charge in [0.1, 0.15) is 18.7 Å². The van der Waals surface area contributed by atoms with E-state index in [4.69, 9.17) is 10.3 Å². The topological polar surface area (TPSA) is 110 Å². The molecule has 1 aromatic carbocycles. The quantitative estimate of drug-likeness (QED) is 0.225. The Bertz CT molecular complexity index is 831. The van der Waals surface area contributed by atoms with E-state index in [1.807, 2.05) is 24.3 Å². The van der Waals surface area contributed by atoms with Crippen LogP contribution in [0.5, 0.6) is 0 Å². The molecule has 0 atom stereocenters. The molecule has 148 valence electrons. The summed E-state index contributed by atoms with van der Waals surface area (Å²) in [5.74, 6) is -0.0499. The van der Waals surface area contributed by atoms with Gasteiger partial charge in [-0.05, 0) is 43.5 Å². The van der Waals surface area contributed by atoms with Crippen molar-refractivity contribution in [1.29, 1.82) is 0 Å². The predicted octanol–water partition coefficient (Wildman–Crippen LogP) is 5.25. The van der Waals surface area contributed by atoms with Crippen LogP contribution in [0, 0.1) is 0 Å². The molecule has 0 N–H and O–H groups in total. The molecule has 0 bridgehead atoms. The Morgan fingerprint density at radius 2 is 2.07 bits per heavy atom. The molecule has 0 radical (unpaired) electrons. The SMILES string of the molecule is CC(C)(CCC(=O)CN=[N+]=[N-])SSc1ccc(COC(=O)n2ccnc2)cc1. The lowest BCUT2D eigenvalue weighted by atomic mass is 10.1. The minimum absolute atomic E-state index is 0.0499.